The molecule has 0 spiro atoms. The molecule has 7 nitrogen and oxygen atoms in total. The van der Waals surface area contributed by atoms with Gasteiger partial charge in [0, 0.05) is 42.8 Å². The molecule has 2 heterocycles. The Bertz CT molecular complexity index is 1240. The van der Waals surface area contributed by atoms with E-state index in [-0.39, 0.29) is 25.4 Å². The molecule has 4 rings (SSSR count). The third-order valence-corrected chi connectivity index (χ3v) is 7.52. The lowest BCUT2D eigenvalue weighted by atomic mass is 10.1. The molecule has 33 heavy (non-hydrogen) atoms. The molecule has 3 aromatic rings. The van der Waals surface area contributed by atoms with Gasteiger partial charge in [-0.1, -0.05) is 48.5 Å². The van der Waals surface area contributed by atoms with E-state index in [2.05, 4.69) is 5.10 Å². The van der Waals surface area contributed by atoms with Crippen molar-refractivity contribution in [1.29, 1.82) is 0 Å². The van der Waals surface area contributed by atoms with Crippen LogP contribution in [-0.4, -0.2) is 59.5 Å². The number of benzene rings is 2. The fourth-order valence-electron chi connectivity index (χ4n) is 4.02. The monoisotopic (exact) mass is 464 g/mol. The summed E-state index contributed by atoms with van der Waals surface area (Å²) in [7, 11) is -3.53. The van der Waals surface area contributed by atoms with Crippen LogP contribution in [0.4, 0.5) is 0 Å². The molecular formula is C25H28N4O3S. The summed E-state index contributed by atoms with van der Waals surface area (Å²) in [5.41, 5.74) is 4.48. The second-order valence-corrected chi connectivity index (χ2v) is 9.93. The summed E-state index contributed by atoms with van der Waals surface area (Å²) in [6.07, 6.45) is 1.86. The molecule has 1 amide bonds. The van der Waals surface area contributed by atoms with Gasteiger partial charge in [-0.05, 0) is 37.6 Å². The molecule has 172 valence electrons. The first-order valence-corrected chi connectivity index (χ1v) is 12.5. The molecule has 0 N–H and O–H groups in total. The molecule has 1 aliphatic heterocycles. The fraction of sp³-hybridized carbons (Fsp3) is 0.280. The standard InChI is InChI=1S/C25H28N4O3S/c1-20-24(21(2)29(26-20)23-11-7-4-8-12-23)19-25(30)27-14-16-28(17-15-27)33(31,32)18-13-22-9-5-3-6-10-22/h3-13,18H,14-17,19H2,1-2H3/b18-13+. The zero-order valence-corrected chi connectivity index (χ0v) is 19.7. The van der Waals surface area contributed by atoms with Crippen LogP contribution >= 0.6 is 0 Å². The highest BCUT2D eigenvalue weighted by molar-refractivity contribution is 7.92. The highest BCUT2D eigenvalue weighted by Crippen LogP contribution is 2.20. The number of hydrogen-bond donors (Lipinski definition) is 0. The van der Waals surface area contributed by atoms with Gasteiger partial charge in [-0.25, -0.2) is 13.1 Å². The average molecular weight is 465 g/mol. The van der Waals surface area contributed by atoms with Crippen LogP contribution in [0, 0.1) is 13.8 Å². The largest absolute Gasteiger partial charge is 0.340 e. The summed E-state index contributed by atoms with van der Waals surface area (Å²) in [6.45, 7) is 5.21. The molecule has 0 aliphatic carbocycles. The molecule has 8 heteroatoms. The second kappa shape index (κ2) is 9.72. The van der Waals surface area contributed by atoms with Crippen molar-refractivity contribution in [1.82, 2.24) is 19.0 Å². The highest BCUT2D eigenvalue weighted by Gasteiger charge is 2.28. The van der Waals surface area contributed by atoms with Crippen molar-refractivity contribution in [3.05, 3.63) is 88.6 Å². The Morgan fingerprint density at radius 3 is 2.18 bits per heavy atom. The second-order valence-electron chi connectivity index (χ2n) is 8.11. The van der Waals surface area contributed by atoms with Gasteiger partial charge in [0.25, 0.3) is 0 Å². The summed E-state index contributed by atoms with van der Waals surface area (Å²) in [4.78, 5) is 14.7. The number of para-hydroxylation sites is 1. The van der Waals surface area contributed by atoms with Crippen LogP contribution in [0.5, 0.6) is 0 Å². The number of amides is 1. The van der Waals surface area contributed by atoms with Crippen molar-refractivity contribution in [3.8, 4) is 5.69 Å². The predicted octanol–water partition coefficient (Wildman–Crippen LogP) is 3.18. The van der Waals surface area contributed by atoms with Crippen molar-refractivity contribution in [2.24, 2.45) is 0 Å². The minimum Gasteiger partial charge on any atom is -0.340 e. The summed E-state index contributed by atoms with van der Waals surface area (Å²) in [5.74, 6) is -0.00862. The van der Waals surface area contributed by atoms with Gasteiger partial charge in [-0.15, -0.1) is 0 Å². The maximum atomic E-state index is 13.0. The Labute approximate surface area is 195 Å². The zero-order chi connectivity index (χ0) is 23.4. The summed E-state index contributed by atoms with van der Waals surface area (Å²) in [5, 5.41) is 5.86. The molecule has 1 saturated heterocycles. The first-order chi connectivity index (χ1) is 15.8. The van der Waals surface area contributed by atoms with E-state index >= 15 is 0 Å². The van der Waals surface area contributed by atoms with Gasteiger partial charge in [-0.2, -0.15) is 9.40 Å². The van der Waals surface area contributed by atoms with Gasteiger partial charge in [0.2, 0.25) is 15.9 Å². The molecule has 1 aromatic heterocycles. The first kappa shape index (κ1) is 22.9. The van der Waals surface area contributed by atoms with E-state index in [1.165, 1.54) is 9.71 Å². The summed E-state index contributed by atoms with van der Waals surface area (Å²) < 4.78 is 28.6. The van der Waals surface area contributed by atoms with Crippen LogP contribution in [0.3, 0.4) is 0 Å². The number of rotatable bonds is 6. The van der Waals surface area contributed by atoms with Crippen molar-refractivity contribution in [2.45, 2.75) is 20.3 Å². The van der Waals surface area contributed by atoms with Gasteiger partial charge in [-0.3, -0.25) is 4.79 Å². The van der Waals surface area contributed by atoms with E-state index < -0.39 is 10.0 Å². The molecule has 0 saturated carbocycles. The van der Waals surface area contributed by atoms with Gasteiger partial charge in [0.05, 0.1) is 17.8 Å². The molecule has 0 bridgehead atoms. The van der Waals surface area contributed by atoms with Crippen molar-refractivity contribution in [2.75, 3.05) is 26.2 Å². The molecule has 2 aromatic carbocycles. The Kier molecular flexibility index (Phi) is 6.76. The van der Waals surface area contributed by atoms with Crippen LogP contribution < -0.4 is 0 Å². The first-order valence-electron chi connectivity index (χ1n) is 11.0. The minimum atomic E-state index is -3.53. The fourth-order valence-corrected chi connectivity index (χ4v) is 5.19. The van der Waals surface area contributed by atoms with Gasteiger partial charge in [0.1, 0.15) is 0 Å². The van der Waals surface area contributed by atoms with Crippen molar-refractivity contribution >= 4 is 22.0 Å². The number of sulfonamides is 1. The topological polar surface area (TPSA) is 75.5 Å². The Hall–Kier alpha value is -3.23. The van der Waals surface area contributed by atoms with Gasteiger partial charge in [0.15, 0.2) is 0 Å². The predicted molar refractivity (Wildman–Crippen MR) is 129 cm³/mol. The number of piperazine rings is 1. The van der Waals surface area contributed by atoms with E-state index in [4.69, 9.17) is 0 Å². The summed E-state index contributed by atoms with van der Waals surface area (Å²) in [6, 6.07) is 19.2. The van der Waals surface area contributed by atoms with Crippen LogP contribution in [0.15, 0.2) is 66.1 Å². The van der Waals surface area contributed by atoms with Gasteiger partial charge < -0.3 is 4.90 Å². The molecule has 0 unspecified atom stereocenters. The lowest BCUT2D eigenvalue weighted by molar-refractivity contribution is -0.131. The smallest absolute Gasteiger partial charge is 0.236 e. The van der Waals surface area contributed by atoms with Crippen LogP contribution in [-0.2, 0) is 21.2 Å². The minimum absolute atomic E-state index is 0.00862. The SMILES string of the molecule is Cc1nn(-c2ccccc2)c(C)c1CC(=O)N1CCN(S(=O)(=O)/C=C/c2ccccc2)CC1. The Morgan fingerprint density at radius 1 is 0.939 bits per heavy atom. The van der Waals surface area contributed by atoms with E-state index in [9.17, 15) is 13.2 Å². The number of carbonyl (C=O) groups is 1. The number of hydrogen-bond acceptors (Lipinski definition) is 4. The molecule has 0 atom stereocenters. The van der Waals surface area contributed by atoms with E-state index in [0.717, 1.165) is 28.2 Å². The Morgan fingerprint density at radius 2 is 1.55 bits per heavy atom. The number of aromatic nitrogens is 2. The molecule has 0 radical (unpaired) electrons. The number of aryl methyl sites for hydroxylation is 1. The number of carbonyl (C=O) groups excluding carboxylic acids is 1. The van der Waals surface area contributed by atoms with E-state index in [1.54, 1.807) is 11.0 Å². The number of nitrogens with zero attached hydrogens (tertiary/aromatic N) is 4. The highest BCUT2D eigenvalue weighted by atomic mass is 32.2. The van der Waals surface area contributed by atoms with E-state index in [1.807, 2.05) is 79.2 Å². The molecular weight excluding hydrogens is 436 g/mol. The van der Waals surface area contributed by atoms with E-state index in [0.29, 0.717) is 13.1 Å². The normalized spacial score (nSPS) is 15.3. The van der Waals surface area contributed by atoms with Crippen LogP contribution in [0.25, 0.3) is 11.8 Å². The zero-order valence-electron chi connectivity index (χ0n) is 18.9. The van der Waals surface area contributed by atoms with Gasteiger partial charge >= 0.3 is 0 Å². The molecule has 1 aliphatic rings. The lowest BCUT2D eigenvalue weighted by Gasteiger charge is -2.33. The summed E-state index contributed by atoms with van der Waals surface area (Å²) >= 11 is 0. The van der Waals surface area contributed by atoms with Crippen molar-refractivity contribution < 1.29 is 13.2 Å². The maximum absolute atomic E-state index is 13.0. The lowest BCUT2D eigenvalue weighted by Crippen LogP contribution is -2.50. The van der Waals surface area contributed by atoms with Crippen molar-refractivity contribution in [3.63, 3.8) is 0 Å². The third-order valence-electron chi connectivity index (χ3n) is 5.95. The maximum Gasteiger partial charge on any atom is 0.236 e. The average Bonchev–Trinajstić information content (AvgIpc) is 3.12. The third kappa shape index (κ3) is 5.23. The van der Waals surface area contributed by atoms with Crippen LogP contribution in [0.2, 0.25) is 0 Å². The quantitative estimate of drug-likeness (QED) is 0.562. The Balaban J connectivity index is 1.38. The van der Waals surface area contributed by atoms with Crippen LogP contribution in [0.1, 0.15) is 22.5 Å². The molecule has 1 fully saturated rings.